The third-order valence-corrected chi connectivity index (χ3v) is 19.9. The van der Waals surface area contributed by atoms with Crippen LogP contribution in [0.15, 0.2) is 109 Å². The molecule has 2 aliphatic rings. The van der Waals surface area contributed by atoms with Gasteiger partial charge in [0.25, 0.3) is 0 Å². The average molecular weight is 1380 g/mol. The Bertz CT molecular complexity index is 3610. The molecule has 0 amide bonds. The molecule has 5 heterocycles. The molecular formula is C92H126N4O6. The number of hydrogen-bond donors (Lipinski definition) is 2. The standard InChI is InChI=1S/C92H126N4O6/c1-7-13-19-25-31-40-56-97-75-62-72(63-76(68-75)98-57-41-32-26-20-14-8-2)90-83-50-48-81(93-83)89(71-46-38-37-39-47-71)82-49-51-84(94-82)91(73-64-77(99-58-42-33-27-21-15-9-3)69-78(65-73)100-59-43-34-28-22-16-10-4)86-53-55-88(96-86)92(87-54-52-85(90)95-87)74-66-79(101-60-44-35-29-23-17-11-5)70-80(67-74)102-61-45-36-30-24-18-12-6/h37-39,46-55,62-70,93,96H,7-36,40-45,56-61H2,1-6H3. The van der Waals surface area contributed by atoms with Crippen molar-refractivity contribution in [3.8, 4) is 79.0 Å². The van der Waals surface area contributed by atoms with Gasteiger partial charge in [0.2, 0.25) is 0 Å². The lowest BCUT2D eigenvalue weighted by Gasteiger charge is -2.14. The summed E-state index contributed by atoms with van der Waals surface area (Å²) in [6, 6.07) is 39.0. The van der Waals surface area contributed by atoms with Crippen LogP contribution in [-0.4, -0.2) is 59.6 Å². The summed E-state index contributed by atoms with van der Waals surface area (Å²) in [5.74, 6) is 4.73. The highest BCUT2D eigenvalue weighted by atomic mass is 16.5. The van der Waals surface area contributed by atoms with E-state index < -0.39 is 0 Å². The average Bonchev–Trinajstić information content (AvgIpc) is 1.67. The van der Waals surface area contributed by atoms with Gasteiger partial charge in [-0.1, -0.05) is 264 Å². The monoisotopic (exact) mass is 1380 g/mol. The van der Waals surface area contributed by atoms with E-state index in [9.17, 15) is 0 Å². The van der Waals surface area contributed by atoms with Crippen molar-refractivity contribution in [1.29, 1.82) is 0 Å². The predicted octanol–water partition coefficient (Wildman–Crippen LogP) is 27.8. The molecule has 2 aliphatic heterocycles. The second kappa shape index (κ2) is 45.4. The number of aromatic amines is 2. The predicted molar refractivity (Wildman–Crippen MR) is 434 cm³/mol. The number of aromatic nitrogens is 4. The zero-order valence-electron chi connectivity index (χ0n) is 63.7. The van der Waals surface area contributed by atoms with Gasteiger partial charge in [0.1, 0.15) is 34.5 Å². The number of hydrogen-bond acceptors (Lipinski definition) is 8. The molecule has 550 valence electrons. The number of nitrogens with one attached hydrogen (secondary N) is 2. The second-order valence-corrected chi connectivity index (χ2v) is 28.6. The van der Waals surface area contributed by atoms with Crippen LogP contribution in [0.2, 0.25) is 0 Å². The summed E-state index contributed by atoms with van der Waals surface area (Å²) in [7, 11) is 0. The highest BCUT2D eigenvalue weighted by molar-refractivity contribution is 6.00. The summed E-state index contributed by atoms with van der Waals surface area (Å²) in [5.41, 5.74) is 14.6. The maximum Gasteiger partial charge on any atom is 0.123 e. The number of benzene rings is 4. The van der Waals surface area contributed by atoms with E-state index in [0.29, 0.717) is 39.6 Å². The molecule has 3 aromatic heterocycles. The van der Waals surface area contributed by atoms with Crippen molar-refractivity contribution in [3.63, 3.8) is 0 Å². The molecule has 4 aromatic carbocycles. The molecular weight excluding hydrogens is 1260 g/mol. The normalized spacial score (nSPS) is 11.8. The molecule has 2 N–H and O–H groups in total. The lowest BCUT2D eigenvalue weighted by atomic mass is 10.0. The molecule has 102 heavy (non-hydrogen) atoms. The van der Waals surface area contributed by atoms with E-state index >= 15 is 0 Å². The maximum atomic E-state index is 6.82. The molecule has 0 radical (unpaired) electrons. The van der Waals surface area contributed by atoms with Crippen molar-refractivity contribution in [1.82, 2.24) is 19.9 Å². The van der Waals surface area contributed by atoms with Crippen molar-refractivity contribution in [2.24, 2.45) is 0 Å². The smallest absolute Gasteiger partial charge is 0.123 e. The van der Waals surface area contributed by atoms with Crippen molar-refractivity contribution in [2.75, 3.05) is 39.6 Å². The highest BCUT2D eigenvalue weighted by Crippen LogP contribution is 2.43. The SMILES string of the molecule is CCCCCCCCOc1cc(OCCCCCCCC)cc(-c2c3nc(c(-c4cc(OCCCCCCCC)cc(OCCCCCCCC)c4)c4ccc([nH]4)c(-c4cc(OCCCCCCCC)cc(OCCCCCCCC)c4)c4nc(c(-c5ccccc5)c5ccc2[nH]5)C=C4)C=C3)c1. The first kappa shape index (κ1) is 78.4. The van der Waals surface area contributed by atoms with Crippen LogP contribution in [0.25, 0.3) is 90.9 Å². The minimum absolute atomic E-state index is 0.624. The fourth-order valence-corrected chi connectivity index (χ4v) is 14.1. The Morgan fingerprint density at radius 1 is 0.225 bits per heavy atom. The quantitative estimate of drug-likeness (QED) is 0.0363. The minimum atomic E-state index is 0.624. The van der Waals surface area contributed by atoms with Gasteiger partial charge in [-0.05, 0) is 146 Å². The number of unbranched alkanes of at least 4 members (excludes halogenated alkanes) is 30. The minimum Gasteiger partial charge on any atom is -0.493 e. The van der Waals surface area contributed by atoms with Gasteiger partial charge in [0.15, 0.2) is 0 Å². The molecule has 0 spiro atoms. The molecule has 7 aromatic rings. The molecule has 0 aliphatic carbocycles. The first-order valence-corrected chi connectivity index (χ1v) is 40.8. The fourth-order valence-electron chi connectivity index (χ4n) is 14.1. The van der Waals surface area contributed by atoms with Gasteiger partial charge in [0.05, 0.1) is 62.4 Å². The van der Waals surface area contributed by atoms with E-state index in [2.05, 4.69) is 185 Å². The topological polar surface area (TPSA) is 113 Å². The van der Waals surface area contributed by atoms with Crippen molar-refractivity contribution < 1.29 is 28.4 Å². The molecule has 0 fully saturated rings. The lowest BCUT2D eigenvalue weighted by Crippen LogP contribution is -2.01. The number of ether oxygens (including phenoxy) is 6. The fraction of sp³-hybridized carbons (Fsp3) is 0.522. The van der Waals surface area contributed by atoms with Gasteiger partial charge in [0, 0.05) is 62.5 Å². The summed E-state index contributed by atoms with van der Waals surface area (Å²) < 4.78 is 40.8. The van der Waals surface area contributed by atoms with Crippen LogP contribution in [0.1, 0.15) is 295 Å². The van der Waals surface area contributed by atoms with Crippen LogP contribution < -0.4 is 28.4 Å². The van der Waals surface area contributed by atoms with Crippen LogP contribution in [0.3, 0.4) is 0 Å². The van der Waals surface area contributed by atoms with Gasteiger partial charge < -0.3 is 38.4 Å². The van der Waals surface area contributed by atoms with E-state index in [4.69, 9.17) is 38.4 Å². The van der Waals surface area contributed by atoms with Crippen LogP contribution in [0.4, 0.5) is 0 Å². The molecule has 9 rings (SSSR count). The maximum absolute atomic E-state index is 6.82. The Labute approximate surface area is 614 Å². The van der Waals surface area contributed by atoms with Crippen molar-refractivity contribution in [3.05, 3.63) is 132 Å². The highest BCUT2D eigenvalue weighted by Gasteiger charge is 2.22. The van der Waals surface area contributed by atoms with E-state index in [-0.39, 0.29) is 0 Å². The Morgan fingerprint density at radius 3 is 0.657 bits per heavy atom. The largest absolute Gasteiger partial charge is 0.493 e. The third-order valence-electron chi connectivity index (χ3n) is 19.9. The number of rotatable bonds is 52. The van der Waals surface area contributed by atoms with E-state index in [0.717, 1.165) is 201 Å². The van der Waals surface area contributed by atoms with E-state index in [1.165, 1.54) is 154 Å². The lowest BCUT2D eigenvalue weighted by molar-refractivity contribution is 0.289. The zero-order chi connectivity index (χ0) is 71.0. The molecule has 10 heteroatoms. The van der Waals surface area contributed by atoms with Crippen molar-refractivity contribution >= 4 is 46.4 Å². The zero-order valence-corrected chi connectivity index (χ0v) is 63.7. The first-order chi connectivity index (χ1) is 50.4. The van der Waals surface area contributed by atoms with Crippen LogP contribution in [-0.2, 0) is 0 Å². The Kier molecular flexibility index (Phi) is 34.9. The Hall–Kier alpha value is -7.72. The summed E-state index contributed by atoms with van der Waals surface area (Å²) in [6.07, 6.45) is 51.4. The molecule has 8 bridgehead atoms. The summed E-state index contributed by atoms with van der Waals surface area (Å²) in [6.45, 7) is 17.4. The van der Waals surface area contributed by atoms with Gasteiger partial charge in [-0.3, -0.25) is 0 Å². The Morgan fingerprint density at radius 2 is 0.431 bits per heavy atom. The number of nitrogens with zero attached hydrogens (tertiary/aromatic N) is 2. The molecule has 0 saturated heterocycles. The molecule has 0 atom stereocenters. The van der Waals surface area contributed by atoms with Crippen molar-refractivity contribution in [2.45, 2.75) is 273 Å². The van der Waals surface area contributed by atoms with Gasteiger partial charge in [-0.25, -0.2) is 9.97 Å². The van der Waals surface area contributed by atoms with Gasteiger partial charge >= 0.3 is 0 Å². The first-order valence-electron chi connectivity index (χ1n) is 40.8. The van der Waals surface area contributed by atoms with Gasteiger partial charge in [-0.2, -0.15) is 0 Å². The molecule has 0 unspecified atom stereocenters. The van der Waals surface area contributed by atoms with Crippen LogP contribution in [0.5, 0.6) is 34.5 Å². The molecule has 0 saturated carbocycles. The van der Waals surface area contributed by atoms with E-state index in [1.807, 2.05) is 0 Å². The molecule has 10 nitrogen and oxygen atoms in total. The summed E-state index contributed by atoms with van der Waals surface area (Å²) in [5, 5.41) is 0. The number of H-pyrrole nitrogens is 2. The van der Waals surface area contributed by atoms with Gasteiger partial charge in [-0.15, -0.1) is 0 Å². The summed E-state index contributed by atoms with van der Waals surface area (Å²) in [4.78, 5) is 19.7. The van der Waals surface area contributed by atoms with Crippen LogP contribution >= 0.6 is 0 Å². The number of fused-ring (bicyclic) bond motifs is 8. The van der Waals surface area contributed by atoms with E-state index in [1.54, 1.807) is 0 Å². The summed E-state index contributed by atoms with van der Waals surface area (Å²) >= 11 is 0. The Balaban J connectivity index is 1.28. The van der Waals surface area contributed by atoms with Crippen LogP contribution in [0, 0.1) is 0 Å². The second-order valence-electron chi connectivity index (χ2n) is 28.6. The third kappa shape index (κ3) is 25.3.